The van der Waals surface area contributed by atoms with Crippen LogP contribution < -0.4 is 0 Å². The van der Waals surface area contributed by atoms with Crippen molar-refractivity contribution in [1.29, 1.82) is 0 Å². The average molecular weight is 267 g/mol. The minimum atomic E-state index is -3.70. The van der Waals surface area contributed by atoms with Gasteiger partial charge in [0.1, 0.15) is 5.82 Å². The fraction of sp³-hybridized carbons (Fsp3) is 0.231. The number of nitrogens with zero attached hydrogens (tertiary/aromatic N) is 1. The first-order valence-corrected chi connectivity index (χ1v) is 6.93. The van der Waals surface area contributed by atoms with E-state index in [0.717, 1.165) is 21.3 Å². The molecule has 0 aliphatic heterocycles. The van der Waals surface area contributed by atoms with Crippen molar-refractivity contribution in [2.75, 3.05) is 0 Å². The van der Waals surface area contributed by atoms with E-state index in [0.29, 0.717) is 5.56 Å². The largest absolute Gasteiger partial charge is 0.267 e. The van der Waals surface area contributed by atoms with Crippen LogP contribution in [0.15, 0.2) is 35.5 Å². The highest BCUT2D eigenvalue weighted by Gasteiger charge is 2.18. The van der Waals surface area contributed by atoms with Crippen LogP contribution in [0, 0.1) is 26.6 Å². The lowest BCUT2D eigenvalue weighted by molar-refractivity contribution is 0.584. The van der Waals surface area contributed by atoms with Crippen molar-refractivity contribution in [3.8, 4) is 0 Å². The molecule has 0 atom stereocenters. The van der Waals surface area contributed by atoms with E-state index in [9.17, 15) is 12.8 Å². The van der Waals surface area contributed by atoms with E-state index >= 15 is 0 Å². The van der Waals surface area contributed by atoms with Crippen molar-refractivity contribution in [3.63, 3.8) is 0 Å². The zero-order valence-corrected chi connectivity index (χ0v) is 11.3. The molecule has 0 N–H and O–H groups in total. The van der Waals surface area contributed by atoms with Crippen LogP contribution in [0.5, 0.6) is 0 Å². The molecule has 0 spiro atoms. The van der Waals surface area contributed by atoms with Gasteiger partial charge in [-0.2, -0.15) is 0 Å². The second-order valence-corrected chi connectivity index (χ2v) is 6.21. The number of hydrogen-bond donors (Lipinski definition) is 0. The van der Waals surface area contributed by atoms with Gasteiger partial charge in [0.05, 0.1) is 11.1 Å². The maximum atomic E-state index is 13.2. The molecular weight excluding hydrogens is 253 g/mol. The van der Waals surface area contributed by atoms with E-state index < -0.39 is 15.8 Å². The molecule has 96 valence electrons. The summed E-state index contributed by atoms with van der Waals surface area (Å²) in [5, 5.41) is 0. The molecule has 3 nitrogen and oxygen atoms in total. The third-order valence-electron chi connectivity index (χ3n) is 2.99. The summed E-state index contributed by atoms with van der Waals surface area (Å²) in [6.07, 6.45) is 2.26. The Balaban J connectivity index is 2.57. The van der Waals surface area contributed by atoms with Gasteiger partial charge >= 0.3 is 0 Å². The summed E-state index contributed by atoms with van der Waals surface area (Å²) in [5.74, 6) is -0.526. The molecule has 5 heteroatoms. The lowest BCUT2D eigenvalue weighted by atomic mass is 10.1. The maximum Gasteiger partial charge on any atom is 0.267 e. The van der Waals surface area contributed by atoms with Crippen LogP contribution in [-0.4, -0.2) is 12.4 Å². The Labute approximate surface area is 106 Å². The van der Waals surface area contributed by atoms with E-state index in [4.69, 9.17) is 0 Å². The summed E-state index contributed by atoms with van der Waals surface area (Å²) in [4.78, 5) is 0.167. The Morgan fingerprint density at radius 3 is 2.17 bits per heavy atom. The van der Waals surface area contributed by atoms with E-state index in [2.05, 4.69) is 0 Å². The van der Waals surface area contributed by atoms with Crippen molar-refractivity contribution in [2.45, 2.75) is 25.7 Å². The number of hydrogen-bond acceptors (Lipinski definition) is 2. The van der Waals surface area contributed by atoms with Crippen LogP contribution in [0.25, 0.3) is 0 Å². The van der Waals surface area contributed by atoms with Gasteiger partial charge < -0.3 is 0 Å². The number of aromatic nitrogens is 1. The summed E-state index contributed by atoms with van der Waals surface area (Å²) < 4.78 is 38.7. The number of halogens is 1. The van der Waals surface area contributed by atoms with Crippen LogP contribution in [0.4, 0.5) is 4.39 Å². The molecule has 1 aromatic carbocycles. The van der Waals surface area contributed by atoms with Gasteiger partial charge in [0.25, 0.3) is 10.0 Å². The van der Waals surface area contributed by atoms with E-state index in [-0.39, 0.29) is 4.90 Å². The van der Waals surface area contributed by atoms with Gasteiger partial charge in [-0.3, -0.25) is 0 Å². The third kappa shape index (κ3) is 2.06. The van der Waals surface area contributed by atoms with Gasteiger partial charge in [-0.15, -0.1) is 0 Å². The van der Waals surface area contributed by atoms with E-state index in [1.807, 2.05) is 13.8 Å². The van der Waals surface area contributed by atoms with Gasteiger partial charge in [0.15, 0.2) is 0 Å². The Hall–Kier alpha value is -1.62. The van der Waals surface area contributed by atoms with Gasteiger partial charge in [-0.25, -0.2) is 16.8 Å². The fourth-order valence-corrected chi connectivity index (χ4v) is 2.98. The quantitative estimate of drug-likeness (QED) is 0.839. The van der Waals surface area contributed by atoms with Gasteiger partial charge in [0, 0.05) is 11.8 Å². The minimum absolute atomic E-state index is 0.167. The summed E-state index contributed by atoms with van der Waals surface area (Å²) in [6, 6.07) is 4.87. The van der Waals surface area contributed by atoms with Crippen LogP contribution in [0.2, 0.25) is 0 Å². The maximum absolute atomic E-state index is 13.2. The zero-order valence-electron chi connectivity index (χ0n) is 10.4. The normalized spacial score (nSPS) is 11.8. The van der Waals surface area contributed by atoms with Crippen LogP contribution >= 0.6 is 0 Å². The minimum Gasteiger partial charge on any atom is -0.246 e. The van der Waals surface area contributed by atoms with Crippen LogP contribution in [0.3, 0.4) is 0 Å². The molecule has 0 saturated heterocycles. The predicted molar refractivity (Wildman–Crippen MR) is 67.6 cm³/mol. The summed E-state index contributed by atoms with van der Waals surface area (Å²) in [5.41, 5.74) is 2.21. The third-order valence-corrected chi connectivity index (χ3v) is 4.61. The lowest BCUT2D eigenvalue weighted by Crippen LogP contribution is -2.11. The Kier molecular flexibility index (Phi) is 3.02. The van der Waals surface area contributed by atoms with Crippen molar-refractivity contribution in [1.82, 2.24) is 3.97 Å². The number of aryl methyl sites for hydroxylation is 3. The first-order chi connectivity index (χ1) is 8.32. The summed E-state index contributed by atoms with van der Waals surface area (Å²) >= 11 is 0. The van der Waals surface area contributed by atoms with Crippen molar-refractivity contribution >= 4 is 10.0 Å². The molecule has 18 heavy (non-hydrogen) atoms. The SMILES string of the molecule is Cc1ccc(S(=O)(=O)n2cc(C)c(F)c2)cc1C. The predicted octanol–water partition coefficient (Wildman–Crippen LogP) is 2.79. The first-order valence-electron chi connectivity index (χ1n) is 5.49. The summed E-state index contributed by atoms with van der Waals surface area (Å²) in [6.45, 7) is 5.28. The monoisotopic (exact) mass is 267 g/mol. The Morgan fingerprint density at radius 1 is 1.00 bits per heavy atom. The molecule has 0 radical (unpaired) electrons. The first kappa shape index (κ1) is 12.8. The molecule has 0 aliphatic rings. The lowest BCUT2D eigenvalue weighted by Gasteiger charge is -2.07. The van der Waals surface area contributed by atoms with Gasteiger partial charge in [0.2, 0.25) is 0 Å². The second-order valence-electron chi connectivity index (χ2n) is 4.37. The van der Waals surface area contributed by atoms with Crippen molar-refractivity contribution in [3.05, 3.63) is 53.1 Å². The molecule has 1 aromatic heterocycles. The standard InChI is InChI=1S/C13H14FNO2S/c1-9-4-5-12(6-10(9)2)18(16,17)15-7-11(3)13(14)8-15/h4-8H,1-3H3. The van der Waals surface area contributed by atoms with Crippen molar-refractivity contribution in [2.24, 2.45) is 0 Å². The molecule has 2 aromatic rings. The number of rotatable bonds is 2. The second kappa shape index (κ2) is 4.24. The Bertz CT molecular complexity index is 682. The van der Waals surface area contributed by atoms with Crippen LogP contribution in [0.1, 0.15) is 16.7 Å². The van der Waals surface area contributed by atoms with E-state index in [1.54, 1.807) is 12.1 Å². The van der Waals surface area contributed by atoms with Crippen molar-refractivity contribution < 1.29 is 12.8 Å². The molecule has 0 saturated carbocycles. The van der Waals surface area contributed by atoms with Gasteiger partial charge in [-0.1, -0.05) is 6.07 Å². The average Bonchev–Trinajstić information content (AvgIpc) is 2.64. The molecule has 0 amide bonds. The van der Waals surface area contributed by atoms with Gasteiger partial charge in [-0.05, 0) is 44.0 Å². The smallest absolute Gasteiger partial charge is 0.246 e. The van der Waals surface area contributed by atoms with E-state index in [1.165, 1.54) is 19.2 Å². The zero-order chi connectivity index (χ0) is 13.5. The topological polar surface area (TPSA) is 39.1 Å². The highest BCUT2D eigenvalue weighted by molar-refractivity contribution is 7.90. The highest BCUT2D eigenvalue weighted by atomic mass is 32.2. The Morgan fingerprint density at radius 2 is 1.67 bits per heavy atom. The molecule has 0 bridgehead atoms. The summed E-state index contributed by atoms with van der Waals surface area (Å²) in [7, 11) is -3.70. The molecular formula is C13H14FNO2S. The molecule has 0 fully saturated rings. The van der Waals surface area contributed by atoms with Crippen LogP contribution in [-0.2, 0) is 10.0 Å². The number of benzene rings is 1. The molecule has 0 aliphatic carbocycles. The molecule has 0 unspecified atom stereocenters. The molecule has 2 rings (SSSR count). The molecule has 1 heterocycles. The highest BCUT2D eigenvalue weighted by Crippen LogP contribution is 2.19. The fourth-order valence-electron chi connectivity index (χ4n) is 1.64.